The number of hydrogen-bond acceptors (Lipinski definition) is 10. The third kappa shape index (κ3) is 28.7. The average Bonchev–Trinajstić information content (AvgIpc) is 3.05. The number of alkyl carbamates (subject to hydrolysis) is 1. The van der Waals surface area contributed by atoms with Crippen LogP contribution in [0.25, 0.3) is 0 Å². The van der Waals surface area contributed by atoms with Gasteiger partial charge in [-0.1, -0.05) is 55.4 Å². The molecule has 0 saturated carbocycles. The fraction of sp³-hybridized carbons (Fsp3) is 0.818. The van der Waals surface area contributed by atoms with Crippen LogP contribution in [-0.2, 0) is 43.0 Å². The zero-order chi connectivity index (χ0) is 47.2. The normalized spacial score (nSPS) is 15.1. The van der Waals surface area contributed by atoms with Crippen molar-refractivity contribution in [3.05, 3.63) is 0 Å². The quantitative estimate of drug-likeness (QED) is 0.0582. The predicted molar refractivity (Wildman–Crippen MR) is 235 cm³/mol. The van der Waals surface area contributed by atoms with Gasteiger partial charge in [-0.15, -0.1) is 0 Å². The first kappa shape index (κ1) is 56.6. The Morgan fingerprint density at radius 1 is 0.426 bits per heavy atom. The van der Waals surface area contributed by atoms with Gasteiger partial charge in [0.25, 0.3) is 0 Å². The third-order valence-electron chi connectivity index (χ3n) is 9.48. The van der Waals surface area contributed by atoms with Crippen LogP contribution < -0.4 is 37.2 Å². The second-order valence-corrected chi connectivity index (χ2v) is 19.1. The number of amides is 7. The fourth-order valence-electron chi connectivity index (χ4n) is 6.63. The van der Waals surface area contributed by atoms with Gasteiger partial charge in [0.05, 0.1) is 13.5 Å². The van der Waals surface area contributed by atoms with E-state index in [9.17, 15) is 38.4 Å². The second kappa shape index (κ2) is 28.2. The van der Waals surface area contributed by atoms with Crippen molar-refractivity contribution >= 4 is 47.5 Å². The summed E-state index contributed by atoms with van der Waals surface area (Å²) < 4.78 is 10.1. The van der Waals surface area contributed by atoms with Gasteiger partial charge in [-0.05, 0) is 78.1 Å². The summed E-state index contributed by atoms with van der Waals surface area (Å²) in [6.07, 6.45) is 0.480. The summed E-state index contributed by atoms with van der Waals surface area (Å²) in [6, 6.07) is -3.41. The fourth-order valence-corrected chi connectivity index (χ4v) is 6.63. The summed E-state index contributed by atoms with van der Waals surface area (Å²) >= 11 is 0. The van der Waals surface area contributed by atoms with Crippen LogP contribution >= 0.6 is 0 Å². The Kier molecular flexibility index (Phi) is 26.2. The highest BCUT2D eigenvalue weighted by atomic mass is 16.6. The zero-order valence-corrected chi connectivity index (χ0v) is 39.8. The van der Waals surface area contributed by atoms with E-state index in [-0.39, 0.29) is 110 Å². The number of carbonyl (C=O) groups is 8. The average molecular weight is 868 g/mol. The first-order valence-corrected chi connectivity index (χ1v) is 21.9. The highest BCUT2D eigenvalue weighted by Crippen LogP contribution is 2.14. The lowest BCUT2D eigenvalue weighted by Crippen LogP contribution is -2.47. The van der Waals surface area contributed by atoms with Crippen molar-refractivity contribution in [1.29, 1.82) is 0 Å². The molecule has 0 aliphatic heterocycles. The van der Waals surface area contributed by atoms with Crippen molar-refractivity contribution < 1.29 is 47.8 Å². The lowest BCUT2D eigenvalue weighted by Gasteiger charge is -2.26. The molecule has 7 amide bonds. The van der Waals surface area contributed by atoms with E-state index < -0.39 is 53.9 Å². The van der Waals surface area contributed by atoms with Gasteiger partial charge >= 0.3 is 12.1 Å². The van der Waals surface area contributed by atoms with Gasteiger partial charge in [0.15, 0.2) is 0 Å². The van der Waals surface area contributed by atoms with Crippen molar-refractivity contribution in [2.24, 2.45) is 23.7 Å². The molecular weight excluding hydrogens is 787 g/mol. The standard InChI is InChI=1S/C44H81N7O10/c1-25(2)16-32(48-36(52)18-29(9)47-41(57)24-35(28(7)8)51-43(59)61-44(12,13)14)21-39(55)45-31(11)20-38(54)50-34(27(5)6)23-40(56)46-30(10)19-37(53)49-33(17-26(3)4)22-42(58)60-15/h25-35H,16-24H2,1-15H3,(H,45,55)(H,46,56)(H,47,57)(H,48,52)(H,49,53)(H,50,54)(H,51,59)/t29-,30-,31+,32-,33-,34-,35-/m0/s1. The minimum Gasteiger partial charge on any atom is -0.469 e. The maximum absolute atomic E-state index is 13.1. The Hall–Kier alpha value is -4.44. The summed E-state index contributed by atoms with van der Waals surface area (Å²) in [4.78, 5) is 102. The molecule has 0 spiro atoms. The van der Waals surface area contributed by atoms with Gasteiger partial charge in [-0.3, -0.25) is 33.6 Å². The van der Waals surface area contributed by atoms with Gasteiger partial charge in [-0.25, -0.2) is 4.79 Å². The lowest BCUT2D eigenvalue weighted by molar-refractivity contribution is -0.141. The van der Waals surface area contributed by atoms with E-state index in [1.807, 2.05) is 55.4 Å². The molecular formula is C44H81N7O10. The molecule has 7 N–H and O–H groups in total. The van der Waals surface area contributed by atoms with Gasteiger partial charge in [-0.2, -0.15) is 0 Å². The molecule has 0 aliphatic carbocycles. The van der Waals surface area contributed by atoms with Crippen molar-refractivity contribution in [2.45, 2.75) is 203 Å². The molecule has 0 fully saturated rings. The molecule has 17 nitrogen and oxygen atoms in total. The topological polar surface area (TPSA) is 239 Å². The van der Waals surface area contributed by atoms with Crippen LogP contribution in [0.3, 0.4) is 0 Å². The van der Waals surface area contributed by atoms with Crippen molar-refractivity contribution in [2.75, 3.05) is 7.11 Å². The predicted octanol–water partition coefficient (Wildman–Crippen LogP) is 4.16. The summed E-state index contributed by atoms with van der Waals surface area (Å²) in [5.74, 6) is -2.15. The monoisotopic (exact) mass is 868 g/mol. The van der Waals surface area contributed by atoms with Crippen LogP contribution in [0.1, 0.15) is 155 Å². The molecule has 0 aromatic rings. The maximum Gasteiger partial charge on any atom is 0.407 e. The first-order valence-electron chi connectivity index (χ1n) is 21.9. The van der Waals surface area contributed by atoms with E-state index in [2.05, 4.69) is 37.2 Å². The molecule has 0 aromatic carbocycles. The zero-order valence-electron chi connectivity index (χ0n) is 39.8. The smallest absolute Gasteiger partial charge is 0.407 e. The highest BCUT2D eigenvalue weighted by Gasteiger charge is 2.27. The minimum absolute atomic E-state index is 0.00508. The van der Waals surface area contributed by atoms with Crippen LogP contribution in [0.15, 0.2) is 0 Å². The van der Waals surface area contributed by atoms with Crippen molar-refractivity contribution in [3.8, 4) is 0 Å². The number of carbonyl (C=O) groups excluding carboxylic acids is 8. The number of esters is 1. The second-order valence-electron chi connectivity index (χ2n) is 19.1. The van der Waals surface area contributed by atoms with Crippen molar-refractivity contribution in [1.82, 2.24) is 37.2 Å². The molecule has 7 atom stereocenters. The number of methoxy groups -OCH3 is 1. The molecule has 61 heavy (non-hydrogen) atoms. The SMILES string of the molecule is COC(=O)C[C@H](CC(C)C)NC(=O)C[C@H](C)NC(=O)C[C@H](NC(=O)C[C@@H](C)NC(=O)C[C@H](CC(C)C)NC(=O)C[C@H](C)NC(=O)C[C@H](NC(=O)OC(C)(C)C)C(C)C)C(C)C. The summed E-state index contributed by atoms with van der Waals surface area (Å²) in [7, 11) is 1.30. The molecule has 0 bridgehead atoms. The van der Waals surface area contributed by atoms with Crippen molar-refractivity contribution in [3.63, 3.8) is 0 Å². The van der Waals surface area contributed by atoms with E-state index >= 15 is 0 Å². The Morgan fingerprint density at radius 3 is 1.10 bits per heavy atom. The molecule has 0 unspecified atom stereocenters. The molecule has 0 saturated heterocycles. The van der Waals surface area contributed by atoms with Crippen LogP contribution in [-0.4, -0.2) is 103 Å². The first-order chi connectivity index (χ1) is 28.1. The number of ether oxygens (including phenoxy) is 2. The van der Waals surface area contributed by atoms with E-state index in [1.54, 1.807) is 41.5 Å². The third-order valence-corrected chi connectivity index (χ3v) is 9.48. The number of hydrogen-bond donors (Lipinski definition) is 7. The Balaban J connectivity index is 5.10. The highest BCUT2D eigenvalue weighted by molar-refractivity contribution is 5.84. The number of nitrogens with one attached hydrogen (secondary N) is 7. The molecule has 0 aromatic heterocycles. The van der Waals surface area contributed by atoms with E-state index in [1.165, 1.54) is 7.11 Å². The molecule has 0 heterocycles. The minimum atomic E-state index is -0.682. The largest absolute Gasteiger partial charge is 0.469 e. The van der Waals surface area contributed by atoms with Gasteiger partial charge < -0.3 is 46.7 Å². The Morgan fingerprint density at radius 2 is 0.754 bits per heavy atom. The van der Waals surface area contributed by atoms with Gasteiger partial charge in [0.1, 0.15) is 5.60 Å². The Labute approximate surface area is 365 Å². The summed E-state index contributed by atoms with van der Waals surface area (Å²) in [5, 5.41) is 19.9. The number of rotatable bonds is 27. The summed E-state index contributed by atoms with van der Waals surface area (Å²) in [5.41, 5.74) is -0.682. The molecule has 17 heteroatoms. The van der Waals surface area contributed by atoms with Gasteiger partial charge in [0.2, 0.25) is 35.4 Å². The van der Waals surface area contributed by atoms with E-state index in [0.29, 0.717) is 12.8 Å². The maximum atomic E-state index is 13.1. The molecule has 0 radical (unpaired) electrons. The molecule has 0 aliphatic rings. The van der Waals surface area contributed by atoms with Crippen LogP contribution in [0.4, 0.5) is 4.79 Å². The van der Waals surface area contributed by atoms with Gasteiger partial charge in [0, 0.05) is 80.8 Å². The van der Waals surface area contributed by atoms with Crippen LogP contribution in [0.5, 0.6) is 0 Å². The lowest BCUT2D eigenvalue weighted by atomic mass is 9.99. The van der Waals surface area contributed by atoms with E-state index in [4.69, 9.17) is 9.47 Å². The summed E-state index contributed by atoms with van der Waals surface area (Å²) in [6.45, 7) is 25.8. The van der Waals surface area contributed by atoms with E-state index in [0.717, 1.165) is 0 Å². The molecule has 0 rings (SSSR count). The van der Waals surface area contributed by atoms with Crippen LogP contribution in [0.2, 0.25) is 0 Å². The Bertz CT molecular complexity index is 1430. The van der Waals surface area contributed by atoms with Crippen LogP contribution in [0, 0.1) is 23.7 Å². The molecule has 352 valence electrons.